The van der Waals surface area contributed by atoms with Gasteiger partial charge in [-0.1, -0.05) is 19.8 Å². The van der Waals surface area contributed by atoms with Gasteiger partial charge in [0.15, 0.2) is 4.27 Å². The number of rotatable bonds is 5. The third kappa shape index (κ3) is 8.27. The van der Waals surface area contributed by atoms with Gasteiger partial charge in [-0.05, 0) is 13.3 Å². The first-order valence-electron chi connectivity index (χ1n) is 4.12. The molecule has 0 bridgehead atoms. The van der Waals surface area contributed by atoms with Crippen LogP contribution >= 0.6 is 25.3 Å². The molecule has 0 aromatic heterocycles. The molecule has 0 aliphatic rings. The van der Waals surface area contributed by atoms with Gasteiger partial charge in [-0.25, -0.2) is 0 Å². The van der Waals surface area contributed by atoms with Gasteiger partial charge in [-0.3, -0.25) is 4.79 Å². The SMILES string of the molecule is CCCCCC(=O)OC(C)(S)S. The van der Waals surface area contributed by atoms with Crippen LogP contribution in [0, 0.1) is 0 Å². The summed E-state index contributed by atoms with van der Waals surface area (Å²) >= 11 is 7.92. The number of carbonyl (C=O) groups excluding carboxylic acids is 1. The van der Waals surface area contributed by atoms with E-state index in [1.54, 1.807) is 6.92 Å². The van der Waals surface area contributed by atoms with E-state index in [0.29, 0.717) is 6.42 Å². The van der Waals surface area contributed by atoms with Crippen LogP contribution in [0.1, 0.15) is 39.5 Å². The van der Waals surface area contributed by atoms with E-state index >= 15 is 0 Å². The average Bonchev–Trinajstić information content (AvgIpc) is 1.84. The van der Waals surface area contributed by atoms with Crippen molar-refractivity contribution in [1.29, 1.82) is 0 Å². The third-order valence-corrected chi connectivity index (χ3v) is 1.47. The van der Waals surface area contributed by atoms with Crippen molar-refractivity contribution in [2.45, 2.75) is 43.8 Å². The molecule has 0 heterocycles. The fourth-order valence-corrected chi connectivity index (χ4v) is 0.990. The standard InChI is InChI=1S/C8H16O2S2/c1-3-4-5-6-7(9)10-8(2,11)12/h11-12H,3-6H2,1-2H3. The molecule has 0 unspecified atom stereocenters. The number of hydrogen-bond acceptors (Lipinski definition) is 4. The fourth-order valence-electron chi connectivity index (χ4n) is 0.786. The number of unbranched alkanes of at least 4 members (excludes halogenated alkanes) is 2. The van der Waals surface area contributed by atoms with Crippen LogP contribution in [-0.4, -0.2) is 10.2 Å². The quantitative estimate of drug-likeness (QED) is 0.314. The van der Waals surface area contributed by atoms with Crippen molar-refractivity contribution in [1.82, 2.24) is 0 Å². The Balaban J connectivity index is 3.47. The highest BCUT2D eigenvalue weighted by atomic mass is 32.2. The second-order valence-electron chi connectivity index (χ2n) is 2.87. The third-order valence-electron chi connectivity index (χ3n) is 1.29. The molecule has 0 amide bonds. The zero-order chi connectivity index (χ0) is 9.61. The van der Waals surface area contributed by atoms with Gasteiger partial charge in [0, 0.05) is 6.42 Å². The van der Waals surface area contributed by atoms with Gasteiger partial charge in [-0.2, -0.15) is 0 Å². The molecule has 0 aliphatic heterocycles. The normalized spacial score (nSPS) is 11.3. The van der Waals surface area contributed by atoms with E-state index in [1.807, 2.05) is 0 Å². The summed E-state index contributed by atoms with van der Waals surface area (Å²) in [6.07, 6.45) is 3.51. The molecule has 4 heteroatoms. The molecule has 0 radical (unpaired) electrons. The number of thiol groups is 2. The highest BCUT2D eigenvalue weighted by molar-refractivity contribution is 8.00. The minimum absolute atomic E-state index is 0.226. The smallest absolute Gasteiger partial charge is 0.307 e. The topological polar surface area (TPSA) is 26.3 Å². The molecule has 0 aromatic rings. The number of ether oxygens (including phenoxy) is 1. The fraction of sp³-hybridized carbons (Fsp3) is 0.875. The molecule has 0 aliphatic carbocycles. The molecular formula is C8H16O2S2. The second kappa shape index (κ2) is 5.75. The zero-order valence-corrected chi connectivity index (χ0v) is 9.33. The van der Waals surface area contributed by atoms with Crippen LogP contribution in [0.4, 0.5) is 0 Å². The van der Waals surface area contributed by atoms with Crippen molar-refractivity contribution in [3.05, 3.63) is 0 Å². The van der Waals surface area contributed by atoms with Crippen LogP contribution in [0.25, 0.3) is 0 Å². The summed E-state index contributed by atoms with van der Waals surface area (Å²) in [6.45, 7) is 3.71. The van der Waals surface area contributed by atoms with Crippen molar-refractivity contribution in [3.8, 4) is 0 Å². The van der Waals surface area contributed by atoms with Crippen LogP contribution in [0.15, 0.2) is 0 Å². The summed E-state index contributed by atoms with van der Waals surface area (Å²) in [5.74, 6) is -0.226. The van der Waals surface area contributed by atoms with Gasteiger partial charge in [-0.15, -0.1) is 25.3 Å². The number of carbonyl (C=O) groups is 1. The predicted molar refractivity (Wildman–Crippen MR) is 56.6 cm³/mol. The summed E-state index contributed by atoms with van der Waals surface area (Å²) in [6, 6.07) is 0. The van der Waals surface area contributed by atoms with E-state index in [1.165, 1.54) is 0 Å². The lowest BCUT2D eigenvalue weighted by Crippen LogP contribution is -2.18. The van der Waals surface area contributed by atoms with E-state index in [2.05, 4.69) is 32.2 Å². The highest BCUT2D eigenvalue weighted by Gasteiger charge is 2.17. The van der Waals surface area contributed by atoms with Crippen LogP contribution < -0.4 is 0 Å². The first kappa shape index (κ1) is 12.2. The van der Waals surface area contributed by atoms with Crippen LogP contribution in [-0.2, 0) is 9.53 Å². The molecule has 12 heavy (non-hydrogen) atoms. The molecule has 0 fully saturated rings. The van der Waals surface area contributed by atoms with E-state index in [0.717, 1.165) is 19.3 Å². The Bertz CT molecular complexity index is 140. The molecule has 0 atom stereocenters. The van der Waals surface area contributed by atoms with Crippen molar-refractivity contribution in [3.63, 3.8) is 0 Å². The van der Waals surface area contributed by atoms with E-state index in [9.17, 15) is 4.79 Å². The first-order valence-corrected chi connectivity index (χ1v) is 5.01. The van der Waals surface area contributed by atoms with Gasteiger partial charge < -0.3 is 4.74 Å². The Labute approximate surface area is 84.9 Å². The van der Waals surface area contributed by atoms with E-state index in [4.69, 9.17) is 4.74 Å². The molecule has 0 saturated heterocycles. The Kier molecular flexibility index (Phi) is 5.84. The van der Waals surface area contributed by atoms with Gasteiger partial charge >= 0.3 is 5.97 Å². The van der Waals surface area contributed by atoms with Crippen molar-refractivity contribution in [2.75, 3.05) is 0 Å². The lowest BCUT2D eigenvalue weighted by molar-refractivity contribution is -0.145. The molecule has 0 saturated carbocycles. The minimum atomic E-state index is -0.941. The van der Waals surface area contributed by atoms with Crippen LogP contribution in [0.2, 0.25) is 0 Å². The van der Waals surface area contributed by atoms with Gasteiger partial charge in [0.25, 0.3) is 0 Å². The molecule has 0 N–H and O–H groups in total. The Morgan fingerprint density at radius 1 is 1.42 bits per heavy atom. The molecular weight excluding hydrogens is 192 g/mol. The molecule has 2 nitrogen and oxygen atoms in total. The maximum atomic E-state index is 11.0. The molecule has 0 spiro atoms. The average molecular weight is 208 g/mol. The van der Waals surface area contributed by atoms with Gasteiger partial charge in [0.2, 0.25) is 0 Å². The molecule has 0 rings (SSSR count). The Morgan fingerprint density at radius 3 is 2.42 bits per heavy atom. The largest absolute Gasteiger partial charge is 0.439 e. The lowest BCUT2D eigenvalue weighted by Gasteiger charge is -2.16. The number of hydrogen-bond donors (Lipinski definition) is 2. The first-order chi connectivity index (χ1) is 5.45. The molecule has 72 valence electrons. The van der Waals surface area contributed by atoms with E-state index in [-0.39, 0.29) is 5.97 Å². The Morgan fingerprint density at radius 2 is 2.00 bits per heavy atom. The molecule has 0 aromatic carbocycles. The summed E-state index contributed by atoms with van der Waals surface area (Å²) < 4.78 is 3.93. The Hall–Kier alpha value is 0.170. The predicted octanol–water partition coefficient (Wildman–Crippen LogP) is 2.64. The van der Waals surface area contributed by atoms with Crippen molar-refractivity contribution in [2.24, 2.45) is 0 Å². The monoisotopic (exact) mass is 208 g/mol. The van der Waals surface area contributed by atoms with Gasteiger partial charge in [0.1, 0.15) is 0 Å². The summed E-state index contributed by atoms with van der Waals surface area (Å²) in [4.78, 5) is 11.0. The van der Waals surface area contributed by atoms with Crippen molar-refractivity contribution >= 4 is 31.2 Å². The van der Waals surface area contributed by atoms with E-state index < -0.39 is 4.27 Å². The summed E-state index contributed by atoms with van der Waals surface area (Å²) in [5, 5.41) is 0. The maximum Gasteiger partial charge on any atom is 0.307 e. The maximum absolute atomic E-state index is 11.0. The summed E-state index contributed by atoms with van der Waals surface area (Å²) in [7, 11) is 0. The van der Waals surface area contributed by atoms with Crippen LogP contribution in [0.3, 0.4) is 0 Å². The van der Waals surface area contributed by atoms with Crippen LogP contribution in [0.5, 0.6) is 0 Å². The summed E-state index contributed by atoms with van der Waals surface area (Å²) in [5.41, 5.74) is 0. The van der Waals surface area contributed by atoms with Gasteiger partial charge in [0.05, 0.1) is 0 Å². The second-order valence-corrected chi connectivity index (χ2v) is 4.92. The van der Waals surface area contributed by atoms with Crippen molar-refractivity contribution < 1.29 is 9.53 Å². The zero-order valence-electron chi connectivity index (χ0n) is 7.54. The lowest BCUT2D eigenvalue weighted by atomic mass is 10.2. The number of esters is 1. The minimum Gasteiger partial charge on any atom is -0.439 e. The highest BCUT2D eigenvalue weighted by Crippen LogP contribution is 2.20.